The highest BCUT2D eigenvalue weighted by Gasteiger charge is 2.23. The Balaban J connectivity index is 1.84. The molecule has 2 rings (SSSR count). The van der Waals surface area contributed by atoms with Gasteiger partial charge in [0, 0.05) is 17.5 Å². The average Bonchev–Trinajstić information content (AvgIpc) is 2.59. The molecule has 0 radical (unpaired) electrons. The molecular formula is C12H18ClNOS. The molecule has 2 heterocycles. The smallest absolute Gasteiger partial charge is 0.0565 e. The van der Waals surface area contributed by atoms with Gasteiger partial charge < -0.3 is 10.1 Å². The van der Waals surface area contributed by atoms with Crippen LogP contribution in [0.1, 0.15) is 31.6 Å². The number of hydrogen-bond acceptors (Lipinski definition) is 3. The number of nitrogens with one attached hydrogen (secondary N) is 1. The van der Waals surface area contributed by atoms with Gasteiger partial charge in [0.05, 0.1) is 17.2 Å². The second-order valence-corrected chi connectivity index (χ2v) is 5.91. The molecule has 1 saturated heterocycles. The summed E-state index contributed by atoms with van der Waals surface area (Å²) in [7, 11) is 0. The lowest BCUT2D eigenvalue weighted by Gasteiger charge is -2.32. The van der Waals surface area contributed by atoms with Crippen LogP contribution >= 0.6 is 22.9 Å². The van der Waals surface area contributed by atoms with E-state index in [9.17, 15) is 0 Å². The van der Waals surface area contributed by atoms with E-state index in [1.165, 1.54) is 4.88 Å². The Bertz CT molecular complexity index is 332. The maximum absolute atomic E-state index is 6.06. The minimum atomic E-state index is 0.361. The maximum atomic E-state index is 6.06. The molecule has 0 amide bonds. The molecule has 0 aromatic carbocycles. The van der Waals surface area contributed by atoms with Gasteiger partial charge in [-0.3, -0.25) is 0 Å². The molecule has 0 saturated carbocycles. The van der Waals surface area contributed by atoms with Gasteiger partial charge in [-0.15, -0.1) is 11.3 Å². The van der Waals surface area contributed by atoms with E-state index in [1.54, 1.807) is 11.3 Å². The number of rotatable bonds is 3. The second kappa shape index (κ2) is 5.50. The molecule has 16 heavy (non-hydrogen) atoms. The monoisotopic (exact) mass is 259 g/mol. The third-order valence-corrected chi connectivity index (χ3v) is 4.33. The summed E-state index contributed by atoms with van der Waals surface area (Å²) in [6.45, 7) is 5.16. The summed E-state index contributed by atoms with van der Waals surface area (Å²) >= 11 is 7.77. The van der Waals surface area contributed by atoms with Gasteiger partial charge in [0.1, 0.15) is 0 Å². The van der Waals surface area contributed by atoms with Crippen LogP contribution in [0.15, 0.2) is 11.4 Å². The highest BCUT2D eigenvalue weighted by Crippen LogP contribution is 2.23. The first kappa shape index (κ1) is 12.4. The van der Waals surface area contributed by atoms with Crippen LogP contribution in [0.4, 0.5) is 0 Å². The third kappa shape index (κ3) is 3.20. The molecule has 0 bridgehead atoms. The quantitative estimate of drug-likeness (QED) is 0.898. The van der Waals surface area contributed by atoms with Crippen LogP contribution < -0.4 is 5.32 Å². The van der Waals surface area contributed by atoms with Gasteiger partial charge in [0.2, 0.25) is 0 Å². The van der Waals surface area contributed by atoms with Gasteiger partial charge in [0.25, 0.3) is 0 Å². The van der Waals surface area contributed by atoms with Crippen LogP contribution in [0.25, 0.3) is 0 Å². The summed E-state index contributed by atoms with van der Waals surface area (Å²) < 4.78 is 5.71. The molecule has 0 unspecified atom stereocenters. The minimum absolute atomic E-state index is 0.361. The Morgan fingerprint density at radius 1 is 1.44 bits per heavy atom. The summed E-state index contributed by atoms with van der Waals surface area (Å²) in [4.78, 5) is 1.23. The first-order chi connectivity index (χ1) is 7.65. The molecule has 90 valence electrons. The second-order valence-electron chi connectivity index (χ2n) is 4.50. The summed E-state index contributed by atoms with van der Waals surface area (Å²) in [5.41, 5.74) is 0. The Kier molecular flexibility index (Phi) is 4.25. The van der Waals surface area contributed by atoms with Crippen molar-refractivity contribution in [3.63, 3.8) is 0 Å². The Morgan fingerprint density at radius 2 is 2.12 bits per heavy atom. The van der Waals surface area contributed by atoms with E-state index >= 15 is 0 Å². The Morgan fingerprint density at radius 3 is 2.69 bits per heavy atom. The first-order valence-electron chi connectivity index (χ1n) is 5.76. The number of thiophene rings is 1. The third-order valence-electron chi connectivity index (χ3n) is 2.94. The van der Waals surface area contributed by atoms with E-state index in [0.717, 1.165) is 24.4 Å². The predicted octanol–water partition coefficient (Wildman–Crippen LogP) is 3.45. The van der Waals surface area contributed by atoms with Crippen molar-refractivity contribution in [3.8, 4) is 0 Å². The highest BCUT2D eigenvalue weighted by atomic mass is 35.5. The largest absolute Gasteiger partial charge is 0.375 e. The Hall–Kier alpha value is -0.0900. The lowest BCUT2D eigenvalue weighted by molar-refractivity contribution is -0.0422. The summed E-state index contributed by atoms with van der Waals surface area (Å²) in [6.07, 6.45) is 2.90. The zero-order valence-electron chi connectivity index (χ0n) is 9.70. The van der Waals surface area contributed by atoms with Crippen molar-refractivity contribution in [1.82, 2.24) is 5.32 Å². The van der Waals surface area contributed by atoms with Gasteiger partial charge in [0.15, 0.2) is 0 Å². The molecule has 1 aliphatic rings. The fourth-order valence-corrected chi connectivity index (χ4v) is 3.31. The molecule has 1 aliphatic heterocycles. The standard InChI is InChI=1S/C12H18ClNOS/c1-8-5-10(6-9(2)15-8)14-7-12-11(13)3-4-16-12/h3-4,8-10,14H,5-7H2,1-2H3/t8-,9-/m0/s1. The van der Waals surface area contributed by atoms with E-state index in [0.29, 0.717) is 18.2 Å². The Labute approximate surface area is 106 Å². The lowest BCUT2D eigenvalue weighted by atomic mass is 10.00. The van der Waals surface area contributed by atoms with Crippen LogP contribution in [0.2, 0.25) is 5.02 Å². The van der Waals surface area contributed by atoms with Crippen LogP contribution in [0, 0.1) is 0 Å². The molecular weight excluding hydrogens is 242 g/mol. The first-order valence-corrected chi connectivity index (χ1v) is 7.01. The topological polar surface area (TPSA) is 21.3 Å². The highest BCUT2D eigenvalue weighted by molar-refractivity contribution is 7.10. The normalized spacial score (nSPS) is 30.6. The number of hydrogen-bond donors (Lipinski definition) is 1. The maximum Gasteiger partial charge on any atom is 0.0565 e. The number of halogens is 1. The lowest BCUT2D eigenvalue weighted by Crippen LogP contribution is -2.40. The van der Waals surface area contributed by atoms with Gasteiger partial charge in [-0.1, -0.05) is 11.6 Å². The molecule has 4 heteroatoms. The fraction of sp³-hybridized carbons (Fsp3) is 0.667. The summed E-state index contributed by atoms with van der Waals surface area (Å²) in [6, 6.07) is 2.51. The van der Waals surface area contributed by atoms with Crippen molar-refractivity contribution in [1.29, 1.82) is 0 Å². The molecule has 0 spiro atoms. The van der Waals surface area contributed by atoms with Crippen LogP contribution in [-0.2, 0) is 11.3 Å². The van der Waals surface area contributed by atoms with E-state index in [1.807, 2.05) is 11.4 Å². The molecule has 1 aromatic rings. The van der Waals surface area contributed by atoms with Crippen molar-refractivity contribution >= 4 is 22.9 Å². The molecule has 1 N–H and O–H groups in total. The fourth-order valence-electron chi connectivity index (χ4n) is 2.26. The van der Waals surface area contributed by atoms with Crippen LogP contribution in [-0.4, -0.2) is 18.2 Å². The minimum Gasteiger partial charge on any atom is -0.375 e. The van der Waals surface area contributed by atoms with Crippen molar-refractivity contribution in [2.75, 3.05) is 0 Å². The van der Waals surface area contributed by atoms with Crippen molar-refractivity contribution in [2.45, 2.75) is 51.5 Å². The molecule has 2 atom stereocenters. The zero-order valence-corrected chi connectivity index (χ0v) is 11.3. The zero-order chi connectivity index (χ0) is 11.5. The SMILES string of the molecule is C[C@H]1CC(NCc2sccc2Cl)C[C@H](C)O1. The van der Waals surface area contributed by atoms with Gasteiger partial charge in [-0.2, -0.15) is 0 Å². The van der Waals surface area contributed by atoms with Crippen LogP contribution in [0.3, 0.4) is 0 Å². The molecule has 1 fully saturated rings. The van der Waals surface area contributed by atoms with Crippen molar-refractivity contribution in [3.05, 3.63) is 21.3 Å². The molecule has 2 nitrogen and oxygen atoms in total. The van der Waals surface area contributed by atoms with E-state index in [4.69, 9.17) is 16.3 Å². The number of ether oxygens (including phenoxy) is 1. The van der Waals surface area contributed by atoms with Gasteiger partial charge in [-0.05, 0) is 38.1 Å². The molecule has 0 aliphatic carbocycles. The van der Waals surface area contributed by atoms with E-state index < -0.39 is 0 Å². The van der Waals surface area contributed by atoms with Gasteiger partial charge in [-0.25, -0.2) is 0 Å². The van der Waals surface area contributed by atoms with E-state index in [2.05, 4.69) is 19.2 Å². The van der Waals surface area contributed by atoms with E-state index in [-0.39, 0.29) is 0 Å². The average molecular weight is 260 g/mol. The van der Waals surface area contributed by atoms with Crippen molar-refractivity contribution < 1.29 is 4.74 Å². The summed E-state index contributed by atoms with van der Waals surface area (Å²) in [5, 5.41) is 6.49. The van der Waals surface area contributed by atoms with Gasteiger partial charge >= 0.3 is 0 Å². The van der Waals surface area contributed by atoms with Crippen LogP contribution in [0.5, 0.6) is 0 Å². The predicted molar refractivity (Wildman–Crippen MR) is 69.2 cm³/mol. The van der Waals surface area contributed by atoms with Crippen molar-refractivity contribution in [2.24, 2.45) is 0 Å². The molecule has 1 aromatic heterocycles. The summed E-state index contributed by atoms with van der Waals surface area (Å²) in [5.74, 6) is 0.